The molecule has 0 bridgehead atoms. The second kappa shape index (κ2) is 9.18. The molecule has 1 aliphatic rings. The molecule has 1 aliphatic heterocycles. The van der Waals surface area contributed by atoms with Crippen molar-refractivity contribution in [2.24, 2.45) is 0 Å². The number of urea groups is 1. The second-order valence-electron chi connectivity index (χ2n) is 8.51. The summed E-state index contributed by atoms with van der Waals surface area (Å²) in [7, 11) is -3.51. The largest absolute Gasteiger partial charge is 0.336 e. The van der Waals surface area contributed by atoms with Gasteiger partial charge in [-0.1, -0.05) is 62.4 Å². The molecule has 6 nitrogen and oxygen atoms in total. The minimum absolute atomic E-state index is 0.00112. The summed E-state index contributed by atoms with van der Waals surface area (Å²) in [4.78, 5) is 14.7. The molecule has 30 heavy (non-hydrogen) atoms. The molecule has 0 saturated carbocycles. The third-order valence-corrected chi connectivity index (χ3v) is 7.56. The highest BCUT2D eigenvalue weighted by Gasteiger charge is 2.31. The van der Waals surface area contributed by atoms with Gasteiger partial charge in [0.15, 0.2) is 0 Å². The Labute approximate surface area is 179 Å². The third kappa shape index (κ3) is 5.21. The fourth-order valence-corrected chi connectivity index (χ4v) is 5.44. The molecule has 1 unspecified atom stereocenters. The lowest BCUT2D eigenvalue weighted by molar-refractivity contribution is 0.168. The highest BCUT2D eigenvalue weighted by atomic mass is 32.2. The molecule has 1 saturated heterocycles. The Bertz CT molecular complexity index is 938. The van der Waals surface area contributed by atoms with Gasteiger partial charge in [-0.05, 0) is 36.5 Å². The van der Waals surface area contributed by atoms with Crippen LogP contribution >= 0.6 is 0 Å². The van der Waals surface area contributed by atoms with Crippen molar-refractivity contribution in [3.8, 4) is 0 Å². The first-order chi connectivity index (χ1) is 14.2. The molecular formula is C23H31N3O3S. The summed E-state index contributed by atoms with van der Waals surface area (Å²) in [6, 6.07) is 18.6. The first kappa shape index (κ1) is 22.3. The van der Waals surface area contributed by atoms with Crippen molar-refractivity contribution >= 4 is 16.1 Å². The molecule has 0 aromatic heterocycles. The van der Waals surface area contributed by atoms with Crippen LogP contribution in [-0.2, 0) is 15.4 Å². The normalized spacial score (nSPS) is 16.8. The number of benzene rings is 2. The Balaban J connectivity index is 1.53. The van der Waals surface area contributed by atoms with Gasteiger partial charge in [0.2, 0.25) is 10.0 Å². The Kier molecular flexibility index (Phi) is 6.83. The van der Waals surface area contributed by atoms with E-state index in [-0.39, 0.29) is 17.5 Å². The van der Waals surface area contributed by atoms with Crippen LogP contribution in [0.4, 0.5) is 4.79 Å². The van der Waals surface area contributed by atoms with Crippen molar-refractivity contribution in [1.29, 1.82) is 0 Å². The number of carbonyl (C=O) groups is 1. The maximum absolute atomic E-state index is 12.7. The molecule has 1 heterocycles. The van der Waals surface area contributed by atoms with Crippen molar-refractivity contribution in [1.82, 2.24) is 14.5 Å². The fourth-order valence-electron chi connectivity index (χ4n) is 4.00. The SMILES string of the molecule is CC(CC(C)(C)c1ccccc1)NC(=O)N1CCN(S(=O)(=O)c2ccccc2)CC1. The average molecular weight is 430 g/mol. The molecule has 0 spiro atoms. The monoisotopic (exact) mass is 429 g/mol. The summed E-state index contributed by atoms with van der Waals surface area (Å²) in [6.45, 7) is 7.73. The molecule has 1 N–H and O–H groups in total. The van der Waals surface area contributed by atoms with Gasteiger partial charge in [0, 0.05) is 32.2 Å². The molecule has 2 aromatic rings. The van der Waals surface area contributed by atoms with Crippen molar-refractivity contribution in [3.05, 3.63) is 66.2 Å². The van der Waals surface area contributed by atoms with Gasteiger partial charge in [-0.25, -0.2) is 13.2 Å². The predicted molar refractivity (Wildman–Crippen MR) is 119 cm³/mol. The summed E-state index contributed by atoms with van der Waals surface area (Å²) in [5.41, 5.74) is 1.18. The van der Waals surface area contributed by atoms with Crippen molar-refractivity contribution in [2.75, 3.05) is 26.2 Å². The number of rotatable bonds is 6. The lowest BCUT2D eigenvalue weighted by atomic mass is 9.79. The summed E-state index contributed by atoms with van der Waals surface area (Å²) >= 11 is 0. The van der Waals surface area contributed by atoms with Gasteiger partial charge in [0.05, 0.1) is 4.90 Å². The first-order valence-electron chi connectivity index (χ1n) is 10.4. The second-order valence-corrected chi connectivity index (χ2v) is 10.4. The molecular weight excluding hydrogens is 398 g/mol. The molecule has 0 radical (unpaired) electrons. The van der Waals surface area contributed by atoms with Crippen LogP contribution in [0, 0.1) is 0 Å². The zero-order valence-corrected chi connectivity index (χ0v) is 18.7. The minimum Gasteiger partial charge on any atom is -0.336 e. The van der Waals surface area contributed by atoms with Crippen LogP contribution in [0.5, 0.6) is 0 Å². The van der Waals surface area contributed by atoms with E-state index in [4.69, 9.17) is 0 Å². The van der Waals surface area contributed by atoms with Crippen LogP contribution in [0.15, 0.2) is 65.6 Å². The van der Waals surface area contributed by atoms with Gasteiger partial charge >= 0.3 is 6.03 Å². The Morgan fingerprint density at radius 2 is 1.50 bits per heavy atom. The van der Waals surface area contributed by atoms with Crippen molar-refractivity contribution < 1.29 is 13.2 Å². The van der Waals surface area contributed by atoms with Crippen LogP contribution in [0.1, 0.15) is 32.8 Å². The van der Waals surface area contributed by atoms with E-state index in [1.165, 1.54) is 9.87 Å². The standard InChI is InChI=1S/C23H31N3O3S/c1-19(18-23(2,3)20-10-6-4-7-11-20)24-22(27)25-14-16-26(17-15-25)30(28,29)21-12-8-5-9-13-21/h4-13,19H,14-18H2,1-3H3,(H,24,27). The van der Waals surface area contributed by atoms with Gasteiger partial charge in [-0.3, -0.25) is 0 Å². The van der Waals surface area contributed by atoms with E-state index in [1.54, 1.807) is 35.2 Å². The van der Waals surface area contributed by atoms with Crippen LogP contribution < -0.4 is 5.32 Å². The van der Waals surface area contributed by atoms with Crippen LogP contribution in [0.25, 0.3) is 0 Å². The van der Waals surface area contributed by atoms with Gasteiger partial charge in [0.25, 0.3) is 0 Å². The summed E-state index contributed by atoms with van der Waals surface area (Å²) in [5, 5.41) is 3.08. The maximum Gasteiger partial charge on any atom is 0.317 e. The zero-order valence-electron chi connectivity index (χ0n) is 17.9. The lowest BCUT2D eigenvalue weighted by Gasteiger charge is -2.35. The number of hydrogen-bond donors (Lipinski definition) is 1. The van der Waals surface area contributed by atoms with E-state index >= 15 is 0 Å². The Hall–Kier alpha value is -2.38. The van der Waals surface area contributed by atoms with E-state index in [9.17, 15) is 13.2 Å². The van der Waals surface area contributed by atoms with Gasteiger partial charge in [0.1, 0.15) is 0 Å². The van der Waals surface area contributed by atoms with Crippen LogP contribution in [0.3, 0.4) is 0 Å². The molecule has 3 rings (SSSR count). The number of nitrogens with one attached hydrogen (secondary N) is 1. The summed E-state index contributed by atoms with van der Waals surface area (Å²) < 4.78 is 26.9. The fraction of sp³-hybridized carbons (Fsp3) is 0.435. The highest BCUT2D eigenvalue weighted by Crippen LogP contribution is 2.28. The quantitative estimate of drug-likeness (QED) is 0.765. The third-order valence-electron chi connectivity index (χ3n) is 5.65. The highest BCUT2D eigenvalue weighted by molar-refractivity contribution is 7.89. The molecule has 2 amide bonds. The average Bonchev–Trinajstić information content (AvgIpc) is 2.74. The van der Waals surface area contributed by atoms with E-state index in [2.05, 4.69) is 31.3 Å². The topological polar surface area (TPSA) is 69.7 Å². The predicted octanol–water partition coefficient (Wildman–Crippen LogP) is 3.46. The minimum atomic E-state index is -3.51. The molecule has 0 aliphatic carbocycles. The van der Waals surface area contributed by atoms with Crippen molar-refractivity contribution in [3.63, 3.8) is 0 Å². The van der Waals surface area contributed by atoms with E-state index in [0.29, 0.717) is 31.1 Å². The molecule has 2 aromatic carbocycles. The number of nitrogens with zero attached hydrogens (tertiary/aromatic N) is 2. The van der Waals surface area contributed by atoms with E-state index < -0.39 is 10.0 Å². The molecule has 1 fully saturated rings. The number of piperazine rings is 1. The summed E-state index contributed by atoms with van der Waals surface area (Å²) in [5.74, 6) is 0. The van der Waals surface area contributed by atoms with Crippen molar-refractivity contribution in [2.45, 2.75) is 43.5 Å². The van der Waals surface area contributed by atoms with Crippen LogP contribution in [0.2, 0.25) is 0 Å². The van der Waals surface area contributed by atoms with E-state index in [0.717, 1.165) is 6.42 Å². The Morgan fingerprint density at radius 1 is 0.967 bits per heavy atom. The van der Waals surface area contributed by atoms with Crippen LogP contribution in [-0.4, -0.2) is 55.9 Å². The lowest BCUT2D eigenvalue weighted by Crippen LogP contribution is -2.54. The number of amides is 2. The molecule has 1 atom stereocenters. The van der Waals surface area contributed by atoms with Gasteiger partial charge < -0.3 is 10.2 Å². The smallest absolute Gasteiger partial charge is 0.317 e. The van der Waals surface area contributed by atoms with E-state index in [1.807, 2.05) is 25.1 Å². The molecule has 162 valence electrons. The number of hydrogen-bond acceptors (Lipinski definition) is 3. The zero-order chi connectivity index (χ0) is 21.8. The molecule has 7 heteroatoms. The first-order valence-corrected chi connectivity index (χ1v) is 11.8. The maximum atomic E-state index is 12.7. The van der Waals surface area contributed by atoms with Gasteiger partial charge in [-0.15, -0.1) is 0 Å². The number of sulfonamides is 1. The summed E-state index contributed by atoms with van der Waals surface area (Å²) in [6.07, 6.45) is 0.811. The van der Waals surface area contributed by atoms with Gasteiger partial charge in [-0.2, -0.15) is 4.31 Å². The Morgan fingerprint density at radius 3 is 2.07 bits per heavy atom. The number of carbonyl (C=O) groups excluding carboxylic acids is 1.